The van der Waals surface area contributed by atoms with E-state index in [9.17, 15) is 10.2 Å². The number of aliphatic hydroxyl groups excluding tert-OH is 2. The molecule has 2 aromatic rings. The highest BCUT2D eigenvalue weighted by atomic mass is 32.2. The Kier molecular flexibility index (Phi) is 6.27. The molecule has 8 nitrogen and oxygen atoms in total. The van der Waals surface area contributed by atoms with Crippen LogP contribution in [0.1, 0.15) is 12.8 Å². The Labute approximate surface area is 186 Å². The van der Waals surface area contributed by atoms with Gasteiger partial charge in [0.25, 0.3) is 0 Å². The molecule has 0 saturated carbocycles. The molecule has 2 saturated heterocycles. The average molecular weight is 444 g/mol. The van der Waals surface area contributed by atoms with Crippen LogP contribution in [-0.2, 0) is 4.74 Å². The van der Waals surface area contributed by atoms with Gasteiger partial charge in [-0.15, -0.1) is 11.8 Å². The van der Waals surface area contributed by atoms with Crippen LogP contribution in [0.2, 0.25) is 0 Å². The van der Waals surface area contributed by atoms with Crippen LogP contribution < -0.4 is 9.80 Å². The molecule has 3 aliphatic heterocycles. The van der Waals surface area contributed by atoms with Crippen LogP contribution in [0.25, 0.3) is 10.9 Å². The third kappa shape index (κ3) is 4.37. The standard InChI is InChI=1S/C22H29N5O3S/c28-12-16-13-31-22(25-16)20(29)15-2-1-5-27(11-15)21-18-4-3-17(10-19(18)23-14-24-21)26-6-8-30-9-7-26/h3-4,10,14-16,20,28-29H,1-2,5-9,11-13H2. The van der Waals surface area contributed by atoms with Gasteiger partial charge in [0.05, 0.1) is 36.4 Å². The molecule has 0 amide bonds. The third-order valence-electron chi connectivity index (χ3n) is 6.38. The Balaban J connectivity index is 1.36. The Bertz CT molecular complexity index is 952. The molecule has 1 aromatic heterocycles. The minimum Gasteiger partial charge on any atom is -0.394 e. The minimum absolute atomic E-state index is 0.0410. The van der Waals surface area contributed by atoms with E-state index < -0.39 is 6.10 Å². The van der Waals surface area contributed by atoms with Crippen molar-refractivity contribution in [3.05, 3.63) is 24.5 Å². The van der Waals surface area contributed by atoms with E-state index in [1.165, 1.54) is 5.69 Å². The molecule has 9 heteroatoms. The van der Waals surface area contributed by atoms with Gasteiger partial charge in [-0.2, -0.15) is 0 Å². The van der Waals surface area contributed by atoms with E-state index in [-0.39, 0.29) is 18.6 Å². The molecular formula is C22H29N5O3S. The molecule has 4 heterocycles. The van der Waals surface area contributed by atoms with Gasteiger partial charge in [-0.05, 0) is 31.0 Å². The Morgan fingerprint density at radius 1 is 1.16 bits per heavy atom. The number of benzene rings is 1. The fourth-order valence-electron chi connectivity index (χ4n) is 4.65. The van der Waals surface area contributed by atoms with Gasteiger partial charge >= 0.3 is 0 Å². The van der Waals surface area contributed by atoms with Crippen LogP contribution in [0.5, 0.6) is 0 Å². The van der Waals surface area contributed by atoms with Crippen LogP contribution in [0.4, 0.5) is 11.5 Å². The number of aliphatic imine (C=N–C) groups is 1. The molecule has 5 rings (SSSR count). The SMILES string of the molecule is OCC1CSC(C(O)C2CCCN(c3ncnc4cc(N5CCOCC5)ccc34)C2)=N1. The highest BCUT2D eigenvalue weighted by molar-refractivity contribution is 8.14. The van der Waals surface area contributed by atoms with Crippen molar-refractivity contribution in [1.29, 1.82) is 0 Å². The summed E-state index contributed by atoms with van der Waals surface area (Å²) in [4.78, 5) is 18.3. The predicted octanol–water partition coefficient (Wildman–Crippen LogP) is 1.55. The lowest BCUT2D eigenvalue weighted by Gasteiger charge is -2.36. The number of ether oxygens (including phenoxy) is 1. The summed E-state index contributed by atoms with van der Waals surface area (Å²) < 4.78 is 5.47. The van der Waals surface area contributed by atoms with Crippen LogP contribution in [0, 0.1) is 5.92 Å². The highest BCUT2D eigenvalue weighted by Gasteiger charge is 2.33. The molecule has 2 fully saturated rings. The summed E-state index contributed by atoms with van der Waals surface area (Å²) >= 11 is 1.57. The number of fused-ring (bicyclic) bond motifs is 1. The maximum Gasteiger partial charge on any atom is 0.139 e. The van der Waals surface area contributed by atoms with Gasteiger partial charge in [0.2, 0.25) is 0 Å². The lowest BCUT2D eigenvalue weighted by atomic mass is 9.92. The summed E-state index contributed by atoms with van der Waals surface area (Å²) in [7, 11) is 0. The van der Waals surface area contributed by atoms with Crippen molar-refractivity contribution in [2.45, 2.75) is 25.0 Å². The Hall–Kier alpha value is -1.94. The van der Waals surface area contributed by atoms with Crippen molar-refractivity contribution in [2.24, 2.45) is 10.9 Å². The zero-order valence-corrected chi connectivity index (χ0v) is 18.4. The van der Waals surface area contributed by atoms with Crippen LogP contribution >= 0.6 is 11.8 Å². The number of nitrogens with zero attached hydrogens (tertiary/aromatic N) is 5. The van der Waals surface area contributed by atoms with Gasteiger partial charge in [0.15, 0.2) is 0 Å². The summed E-state index contributed by atoms with van der Waals surface area (Å²) in [5.41, 5.74) is 2.11. The second kappa shape index (κ2) is 9.28. The van der Waals surface area contributed by atoms with Crippen molar-refractivity contribution in [3.63, 3.8) is 0 Å². The topological polar surface area (TPSA) is 94.3 Å². The van der Waals surface area contributed by atoms with Gasteiger partial charge in [0.1, 0.15) is 18.2 Å². The summed E-state index contributed by atoms with van der Waals surface area (Å²) in [6.07, 6.45) is 3.03. The number of hydrogen-bond acceptors (Lipinski definition) is 9. The van der Waals surface area contributed by atoms with E-state index in [0.717, 1.165) is 79.8 Å². The first-order valence-corrected chi connectivity index (χ1v) is 12.0. The number of piperidine rings is 1. The van der Waals surface area contributed by atoms with Gasteiger partial charge in [-0.25, -0.2) is 9.97 Å². The van der Waals surface area contributed by atoms with Crippen molar-refractivity contribution in [3.8, 4) is 0 Å². The fraction of sp³-hybridized carbons (Fsp3) is 0.591. The molecule has 166 valence electrons. The van der Waals surface area contributed by atoms with Crippen LogP contribution in [-0.4, -0.2) is 89.1 Å². The first kappa shape index (κ1) is 20.9. The smallest absolute Gasteiger partial charge is 0.139 e. The number of thioether (sulfide) groups is 1. The van der Waals surface area contributed by atoms with E-state index in [2.05, 4.69) is 43.0 Å². The van der Waals surface area contributed by atoms with Crippen molar-refractivity contribution >= 4 is 39.2 Å². The zero-order valence-electron chi connectivity index (χ0n) is 17.6. The number of hydrogen-bond donors (Lipinski definition) is 2. The second-order valence-corrected chi connectivity index (χ2v) is 9.45. The molecule has 3 aliphatic rings. The second-order valence-electron chi connectivity index (χ2n) is 8.41. The summed E-state index contributed by atoms with van der Waals surface area (Å²) in [6, 6.07) is 6.33. The largest absolute Gasteiger partial charge is 0.394 e. The Morgan fingerprint density at radius 2 is 2.03 bits per heavy atom. The molecule has 0 aliphatic carbocycles. The van der Waals surface area contributed by atoms with Crippen molar-refractivity contribution in [1.82, 2.24) is 9.97 Å². The van der Waals surface area contributed by atoms with Gasteiger partial charge in [-0.1, -0.05) is 0 Å². The number of aromatic nitrogens is 2. The first-order valence-electron chi connectivity index (χ1n) is 11.0. The number of aliphatic hydroxyl groups is 2. The summed E-state index contributed by atoms with van der Waals surface area (Å²) in [5.74, 6) is 1.79. The Morgan fingerprint density at radius 3 is 2.84 bits per heavy atom. The fourth-order valence-corrected chi connectivity index (χ4v) is 5.78. The van der Waals surface area contributed by atoms with Crippen molar-refractivity contribution in [2.75, 3.05) is 61.6 Å². The highest BCUT2D eigenvalue weighted by Crippen LogP contribution is 2.33. The molecule has 31 heavy (non-hydrogen) atoms. The molecule has 1 aromatic carbocycles. The van der Waals surface area contributed by atoms with Crippen LogP contribution in [0.3, 0.4) is 0 Å². The van der Waals surface area contributed by atoms with Gasteiger partial charge < -0.3 is 24.7 Å². The van der Waals surface area contributed by atoms with E-state index >= 15 is 0 Å². The van der Waals surface area contributed by atoms with E-state index in [4.69, 9.17) is 4.74 Å². The number of morpholine rings is 1. The molecule has 0 radical (unpaired) electrons. The van der Waals surface area contributed by atoms with E-state index in [0.29, 0.717) is 0 Å². The van der Waals surface area contributed by atoms with Gasteiger partial charge in [0, 0.05) is 48.9 Å². The van der Waals surface area contributed by atoms with Crippen LogP contribution in [0.15, 0.2) is 29.5 Å². The first-order chi connectivity index (χ1) is 15.2. The summed E-state index contributed by atoms with van der Waals surface area (Å²) in [5, 5.41) is 22.1. The van der Waals surface area contributed by atoms with Gasteiger partial charge in [-0.3, -0.25) is 4.99 Å². The molecular weight excluding hydrogens is 414 g/mol. The summed E-state index contributed by atoms with van der Waals surface area (Å²) in [6.45, 7) is 5.00. The molecule has 0 bridgehead atoms. The molecule has 2 N–H and O–H groups in total. The normalized spacial score (nSPS) is 25.7. The average Bonchev–Trinajstić information content (AvgIpc) is 3.33. The maximum atomic E-state index is 10.9. The molecule has 0 spiro atoms. The van der Waals surface area contributed by atoms with E-state index in [1.807, 2.05) is 0 Å². The minimum atomic E-state index is -0.578. The maximum absolute atomic E-state index is 10.9. The van der Waals surface area contributed by atoms with Crippen molar-refractivity contribution < 1.29 is 14.9 Å². The third-order valence-corrected chi connectivity index (χ3v) is 7.57. The number of anilines is 2. The molecule has 3 unspecified atom stereocenters. The lowest BCUT2D eigenvalue weighted by Crippen LogP contribution is -2.42. The molecule has 3 atom stereocenters. The van der Waals surface area contributed by atoms with E-state index in [1.54, 1.807) is 18.1 Å². The predicted molar refractivity (Wildman–Crippen MR) is 124 cm³/mol. The zero-order chi connectivity index (χ0) is 21.2. The number of rotatable bonds is 5. The lowest BCUT2D eigenvalue weighted by molar-refractivity contribution is 0.122. The monoisotopic (exact) mass is 443 g/mol. The quantitative estimate of drug-likeness (QED) is 0.719.